The topological polar surface area (TPSA) is 15.3 Å². The average Bonchev–Trinajstić information content (AvgIpc) is 2.40. The molecule has 0 bridgehead atoms. The van der Waals surface area contributed by atoms with Crippen LogP contribution in [0.1, 0.15) is 31.4 Å². The van der Waals surface area contributed by atoms with Crippen molar-refractivity contribution in [1.29, 1.82) is 0 Å². The summed E-state index contributed by atoms with van der Waals surface area (Å²) in [5, 5.41) is 3.28. The summed E-state index contributed by atoms with van der Waals surface area (Å²) >= 11 is 0. The van der Waals surface area contributed by atoms with E-state index >= 15 is 0 Å². The Balaban J connectivity index is 2.24. The summed E-state index contributed by atoms with van der Waals surface area (Å²) in [4.78, 5) is 2.25. The van der Waals surface area contributed by atoms with E-state index in [4.69, 9.17) is 0 Å². The number of rotatable bonds is 4. The largest absolute Gasteiger partial charge is 0.314 e. The lowest BCUT2D eigenvalue weighted by atomic mass is 9.99. The highest BCUT2D eigenvalue weighted by Crippen LogP contribution is 2.28. The van der Waals surface area contributed by atoms with Gasteiger partial charge in [0, 0.05) is 37.8 Å². The Morgan fingerprint density at radius 2 is 2.00 bits per heavy atom. The highest BCUT2D eigenvalue weighted by Gasteiger charge is 2.24. The van der Waals surface area contributed by atoms with Gasteiger partial charge in [-0.15, -0.1) is 0 Å². The van der Waals surface area contributed by atoms with Crippen LogP contribution in [-0.2, 0) is 0 Å². The van der Waals surface area contributed by atoms with Crippen LogP contribution in [0.25, 0.3) is 0 Å². The molecule has 1 heterocycles. The number of nitrogens with one attached hydrogen (secondary N) is 1. The maximum Gasteiger partial charge on any atom is 0.128 e. The van der Waals surface area contributed by atoms with E-state index in [2.05, 4.69) is 17.1 Å². The van der Waals surface area contributed by atoms with Gasteiger partial charge in [0.1, 0.15) is 11.6 Å². The van der Waals surface area contributed by atoms with Crippen LogP contribution in [0.4, 0.5) is 8.78 Å². The number of hydrogen-bond donors (Lipinski definition) is 1. The van der Waals surface area contributed by atoms with Crippen LogP contribution in [-0.4, -0.2) is 31.1 Å². The predicted molar refractivity (Wildman–Crippen MR) is 68.4 cm³/mol. The van der Waals surface area contributed by atoms with Crippen LogP contribution in [0.5, 0.6) is 0 Å². The third-order valence-corrected chi connectivity index (χ3v) is 3.47. The maximum absolute atomic E-state index is 13.9. The zero-order valence-electron chi connectivity index (χ0n) is 10.8. The molecule has 1 aromatic rings. The quantitative estimate of drug-likeness (QED) is 0.888. The van der Waals surface area contributed by atoms with E-state index in [-0.39, 0.29) is 17.7 Å². The Morgan fingerprint density at radius 1 is 1.28 bits per heavy atom. The van der Waals surface area contributed by atoms with Crippen molar-refractivity contribution in [3.05, 3.63) is 35.4 Å². The SMILES string of the molecule is CCC[C@@H](c1cc(F)ccc1F)N1CCNCC1. The minimum atomic E-state index is -0.359. The normalized spacial score (nSPS) is 18.8. The minimum absolute atomic E-state index is 0.00667. The summed E-state index contributed by atoms with van der Waals surface area (Å²) in [5.74, 6) is -0.656. The van der Waals surface area contributed by atoms with E-state index in [1.807, 2.05) is 0 Å². The molecule has 0 aliphatic carbocycles. The molecule has 1 aliphatic heterocycles. The van der Waals surface area contributed by atoms with Crippen molar-refractivity contribution in [2.45, 2.75) is 25.8 Å². The van der Waals surface area contributed by atoms with Gasteiger partial charge in [-0.25, -0.2) is 8.78 Å². The van der Waals surface area contributed by atoms with Crippen molar-refractivity contribution in [2.24, 2.45) is 0 Å². The highest BCUT2D eigenvalue weighted by atomic mass is 19.1. The van der Waals surface area contributed by atoms with E-state index in [1.54, 1.807) is 0 Å². The molecule has 4 heteroatoms. The molecule has 0 amide bonds. The van der Waals surface area contributed by atoms with Gasteiger partial charge >= 0.3 is 0 Å². The van der Waals surface area contributed by atoms with Gasteiger partial charge in [0.05, 0.1) is 0 Å². The Labute approximate surface area is 107 Å². The summed E-state index contributed by atoms with van der Waals surface area (Å²) in [5.41, 5.74) is 0.499. The third kappa shape index (κ3) is 3.06. The first-order chi connectivity index (χ1) is 8.72. The third-order valence-electron chi connectivity index (χ3n) is 3.47. The second-order valence-corrected chi connectivity index (χ2v) is 4.76. The molecule has 1 fully saturated rings. The van der Waals surface area contributed by atoms with Crippen molar-refractivity contribution in [3.63, 3.8) is 0 Å². The van der Waals surface area contributed by atoms with Gasteiger partial charge in [-0.2, -0.15) is 0 Å². The lowest BCUT2D eigenvalue weighted by molar-refractivity contribution is 0.161. The Hall–Kier alpha value is -1.00. The van der Waals surface area contributed by atoms with Crippen LogP contribution in [0.15, 0.2) is 18.2 Å². The molecule has 0 spiro atoms. The Kier molecular flexibility index (Phi) is 4.66. The lowest BCUT2D eigenvalue weighted by Gasteiger charge is -2.35. The van der Waals surface area contributed by atoms with Gasteiger partial charge < -0.3 is 5.32 Å². The fourth-order valence-electron chi connectivity index (χ4n) is 2.57. The molecule has 1 saturated heterocycles. The summed E-state index contributed by atoms with van der Waals surface area (Å²) in [6.07, 6.45) is 1.82. The fraction of sp³-hybridized carbons (Fsp3) is 0.571. The predicted octanol–water partition coefficient (Wildman–Crippen LogP) is 2.71. The molecular formula is C14H20F2N2. The van der Waals surface area contributed by atoms with Crippen LogP contribution in [0.3, 0.4) is 0 Å². The molecule has 0 saturated carbocycles. The average molecular weight is 254 g/mol. The van der Waals surface area contributed by atoms with Crippen molar-refractivity contribution in [2.75, 3.05) is 26.2 Å². The van der Waals surface area contributed by atoms with Crippen molar-refractivity contribution in [1.82, 2.24) is 10.2 Å². The molecule has 1 N–H and O–H groups in total. The summed E-state index contributed by atoms with van der Waals surface area (Å²) in [6, 6.07) is 3.75. The lowest BCUT2D eigenvalue weighted by Crippen LogP contribution is -2.45. The van der Waals surface area contributed by atoms with E-state index in [0.29, 0.717) is 5.56 Å². The summed E-state index contributed by atoms with van der Waals surface area (Å²) < 4.78 is 27.2. The molecule has 2 rings (SSSR count). The Morgan fingerprint density at radius 3 is 2.67 bits per heavy atom. The van der Waals surface area contributed by atoms with E-state index < -0.39 is 0 Å². The van der Waals surface area contributed by atoms with Gasteiger partial charge in [0.15, 0.2) is 0 Å². The van der Waals surface area contributed by atoms with Gasteiger partial charge in [-0.1, -0.05) is 13.3 Å². The van der Waals surface area contributed by atoms with Crippen molar-refractivity contribution < 1.29 is 8.78 Å². The van der Waals surface area contributed by atoms with Gasteiger partial charge in [-0.05, 0) is 24.6 Å². The second-order valence-electron chi connectivity index (χ2n) is 4.76. The van der Waals surface area contributed by atoms with Crippen LogP contribution < -0.4 is 5.32 Å². The second kappa shape index (κ2) is 6.25. The van der Waals surface area contributed by atoms with Crippen molar-refractivity contribution >= 4 is 0 Å². The smallest absolute Gasteiger partial charge is 0.128 e. The van der Waals surface area contributed by atoms with Crippen LogP contribution >= 0.6 is 0 Å². The zero-order chi connectivity index (χ0) is 13.0. The fourth-order valence-corrected chi connectivity index (χ4v) is 2.57. The molecular weight excluding hydrogens is 234 g/mol. The molecule has 1 aromatic carbocycles. The first-order valence-corrected chi connectivity index (χ1v) is 6.62. The summed E-state index contributed by atoms with van der Waals surface area (Å²) in [7, 11) is 0. The number of hydrogen-bond acceptors (Lipinski definition) is 2. The van der Waals surface area contributed by atoms with E-state index in [1.165, 1.54) is 18.2 Å². The van der Waals surface area contributed by atoms with Gasteiger partial charge in [0.2, 0.25) is 0 Å². The van der Waals surface area contributed by atoms with Crippen molar-refractivity contribution in [3.8, 4) is 0 Å². The number of benzene rings is 1. The standard InChI is InChI=1S/C14H20F2N2/c1-2-3-14(18-8-6-17-7-9-18)12-10-11(15)4-5-13(12)16/h4-5,10,14,17H,2-3,6-9H2,1H3/t14-/m0/s1. The van der Waals surface area contributed by atoms with Crippen LogP contribution in [0.2, 0.25) is 0 Å². The molecule has 2 nitrogen and oxygen atoms in total. The molecule has 18 heavy (non-hydrogen) atoms. The number of nitrogens with zero attached hydrogens (tertiary/aromatic N) is 1. The minimum Gasteiger partial charge on any atom is -0.314 e. The first-order valence-electron chi connectivity index (χ1n) is 6.62. The molecule has 1 aliphatic rings. The van der Waals surface area contributed by atoms with E-state index in [0.717, 1.165) is 39.0 Å². The maximum atomic E-state index is 13.9. The molecule has 0 radical (unpaired) electrons. The molecule has 0 unspecified atom stereocenters. The number of piperazine rings is 1. The number of halogens is 2. The first kappa shape index (κ1) is 13.4. The Bertz CT molecular complexity index is 389. The highest BCUT2D eigenvalue weighted by molar-refractivity contribution is 5.22. The van der Waals surface area contributed by atoms with Crippen LogP contribution in [0, 0.1) is 11.6 Å². The van der Waals surface area contributed by atoms with Gasteiger partial charge in [-0.3, -0.25) is 4.90 Å². The van der Waals surface area contributed by atoms with Gasteiger partial charge in [0.25, 0.3) is 0 Å². The molecule has 0 aromatic heterocycles. The monoisotopic (exact) mass is 254 g/mol. The molecule has 1 atom stereocenters. The summed E-state index contributed by atoms with van der Waals surface area (Å²) in [6.45, 7) is 5.68. The van der Waals surface area contributed by atoms with E-state index in [9.17, 15) is 8.78 Å². The zero-order valence-corrected chi connectivity index (χ0v) is 10.8. The molecule has 100 valence electrons.